The number of benzene rings is 1. The monoisotopic (exact) mass is 277 g/mol. The molecule has 0 saturated heterocycles. The summed E-state index contributed by atoms with van der Waals surface area (Å²) in [6, 6.07) is 5.41. The smallest absolute Gasteiger partial charge is 0.255 e. The van der Waals surface area contributed by atoms with E-state index in [2.05, 4.69) is 4.98 Å². The number of hydrogen-bond acceptors (Lipinski definition) is 2. The number of pyridine rings is 1. The van der Waals surface area contributed by atoms with E-state index in [0.717, 1.165) is 18.2 Å². The van der Waals surface area contributed by atoms with E-state index in [9.17, 15) is 4.79 Å². The predicted octanol–water partition coefficient (Wildman–Crippen LogP) is 3.89. The van der Waals surface area contributed by atoms with E-state index in [1.54, 1.807) is 12.3 Å². The van der Waals surface area contributed by atoms with Crippen molar-refractivity contribution in [2.45, 2.75) is 38.2 Å². The molecule has 0 aliphatic heterocycles. The largest absolute Gasteiger partial charge is 0.489 e. The lowest BCUT2D eigenvalue weighted by atomic mass is 9.98. The molecule has 0 spiro atoms. The SMILES string of the molecule is O=c1[nH]ccc2cc(OC3CCCCC3)c(Cl)cc12. The molecular weight excluding hydrogens is 262 g/mol. The molecule has 0 atom stereocenters. The van der Waals surface area contributed by atoms with E-state index < -0.39 is 0 Å². The third-order valence-electron chi connectivity index (χ3n) is 3.67. The Hall–Kier alpha value is -1.48. The second-order valence-electron chi connectivity index (χ2n) is 5.05. The lowest BCUT2D eigenvalue weighted by molar-refractivity contribution is 0.155. The highest BCUT2D eigenvalue weighted by Gasteiger charge is 2.16. The molecule has 0 bridgehead atoms. The summed E-state index contributed by atoms with van der Waals surface area (Å²) in [7, 11) is 0. The number of aromatic amines is 1. The van der Waals surface area contributed by atoms with Crippen LogP contribution < -0.4 is 10.3 Å². The Bertz CT molecular complexity index is 644. The van der Waals surface area contributed by atoms with Crippen LogP contribution >= 0.6 is 11.6 Å². The molecule has 1 heterocycles. The summed E-state index contributed by atoms with van der Waals surface area (Å²) in [4.78, 5) is 14.3. The van der Waals surface area contributed by atoms with E-state index in [1.165, 1.54) is 19.3 Å². The first kappa shape index (κ1) is 12.5. The van der Waals surface area contributed by atoms with Gasteiger partial charge in [-0.25, -0.2) is 0 Å². The van der Waals surface area contributed by atoms with Crippen LogP contribution in [0.5, 0.6) is 5.75 Å². The van der Waals surface area contributed by atoms with Gasteiger partial charge in [-0.3, -0.25) is 4.79 Å². The van der Waals surface area contributed by atoms with E-state index in [4.69, 9.17) is 16.3 Å². The van der Waals surface area contributed by atoms with Crippen LogP contribution in [-0.4, -0.2) is 11.1 Å². The molecule has 0 radical (unpaired) electrons. The lowest BCUT2D eigenvalue weighted by Gasteiger charge is -2.23. The molecule has 0 amide bonds. The maximum Gasteiger partial charge on any atom is 0.255 e. The van der Waals surface area contributed by atoms with Gasteiger partial charge in [-0.1, -0.05) is 18.0 Å². The van der Waals surface area contributed by atoms with Gasteiger partial charge in [0.15, 0.2) is 0 Å². The quantitative estimate of drug-likeness (QED) is 0.905. The first-order chi connectivity index (χ1) is 9.24. The molecule has 1 saturated carbocycles. The maximum atomic E-state index is 11.7. The topological polar surface area (TPSA) is 42.1 Å². The first-order valence-corrected chi connectivity index (χ1v) is 7.09. The fourth-order valence-corrected chi connectivity index (χ4v) is 2.85. The van der Waals surface area contributed by atoms with Crippen molar-refractivity contribution in [3.63, 3.8) is 0 Å². The van der Waals surface area contributed by atoms with Gasteiger partial charge < -0.3 is 9.72 Å². The molecule has 3 rings (SSSR count). The first-order valence-electron chi connectivity index (χ1n) is 6.71. The molecule has 1 aliphatic rings. The van der Waals surface area contributed by atoms with E-state index >= 15 is 0 Å². The summed E-state index contributed by atoms with van der Waals surface area (Å²) in [5, 5.41) is 1.97. The van der Waals surface area contributed by atoms with Gasteiger partial charge in [-0.05, 0) is 49.3 Å². The van der Waals surface area contributed by atoms with Gasteiger partial charge in [0.1, 0.15) is 5.75 Å². The summed E-state index contributed by atoms with van der Waals surface area (Å²) in [6.07, 6.45) is 7.80. The predicted molar refractivity (Wildman–Crippen MR) is 77.1 cm³/mol. The molecule has 1 fully saturated rings. The van der Waals surface area contributed by atoms with Crippen LogP contribution in [0.15, 0.2) is 29.2 Å². The van der Waals surface area contributed by atoms with E-state index in [-0.39, 0.29) is 11.7 Å². The van der Waals surface area contributed by atoms with Gasteiger partial charge in [0.05, 0.1) is 11.1 Å². The Balaban J connectivity index is 1.95. The van der Waals surface area contributed by atoms with Crippen LogP contribution in [0.3, 0.4) is 0 Å². The molecule has 3 nitrogen and oxygen atoms in total. The van der Waals surface area contributed by atoms with Crippen molar-refractivity contribution in [1.82, 2.24) is 4.98 Å². The lowest BCUT2D eigenvalue weighted by Crippen LogP contribution is -2.19. The third kappa shape index (κ3) is 2.61. The highest BCUT2D eigenvalue weighted by molar-refractivity contribution is 6.32. The van der Waals surface area contributed by atoms with Crippen LogP contribution in [0.1, 0.15) is 32.1 Å². The van der Waals surface area contributed by atoms with Crippen molar-refractivity contribution < 1.29 is 4.74 Å². The Morgan fingerprint density at radius 1 is 1.21 bits per heavy atom. The normalized spacial score (nSPS) is 16.7. The third-order valence-corrected chi connectivity index (χ3v) is 3.97. The minimum Gasteiger partial charge on any atom is -0.489 e. The number of nitrogens with one attached hydrogen (secondary N) is 1. The van der Waals surface area contributed by atoms with Gasteiger partial charge in [-0.2, -0.15) is 0 Å². The van der Waals surface area contributed by atoms with Crippen molar-refractivity contribution in [2.24, 2.45) is 0 Å². The zero-order chi connectivity index (χ0) is 13.2. The number of rotatable bonds is 2. The van der Waals surface area contributed by atoms with Gasteiger partial charge in [0.25, 0.3) is 5.56 Å². The number of halogens is 1. The summed E-state index contributed by atoms with van der Waals surface area (Å²) >= 11 is 6.22. The van der Waals surface area contributed by atoms with Gasteiger partial charge in [-0.15, -0.1) is 0 Å². The highest BCUT2D eigenvalue weighted by atomic mass is 35.5. The highest BCUT2D eigenvalue weighted by Crippen LogP contribution is 2.31. The second kappa shape index (κ2) is 5.25. The van der Waals surface area contributed by atoms with Crippen LogP contribution in [0, 0.1) is 0 Å². The van der Waals surface area contributed by atoms with Crippen molar-refractivity contribution in [3.05, 3.63) is 39.8 Å². The fraction of sp³-hybridized carbons (Fsp3) is 0.400. The Morgan fingerprint density at radius 3 is 2.79 bits per heavy atom. The van der Waals surface area contributed by atoms with Gasteiger partial charge >= 0.3 is 0 Å². The summed E-state index contributed by atoms with van der Waals surface area (Å²) < 4.78 is 5.99. The Labute approximate surface area is 116 Å². The van der Waals surface area contributed by atoms with Crippen LogP contribution in [0.2, 0.25) is 5.02 Å². The number of ether oxygens (including phenoxy) is 1. The number of H-pyrrole nitrogens is 1. The number of aromatic nitrogens is 1. The van der Waals surface area contributed by atoms with Crippen molar-refractivity contribution in [2.75, 3.05) is 0 Å². The maximum absolute atomic E-state index is 11.7. The van der Waals surface area contributed by atoms with Gasteiger partial charge in [0.2, 0.25) is 0 Å². The Kier molecular flexibility index (Phi) is 3.47. The average Bonchev–Trinajstić information content (AvgIpc) is 2.42. The van der Waals surface area contributed by atoms with Crippen LogP contribution in [0.25, 0.3) is 10.8 Å². The minimum absolute atomic E-state index is 0.122. The molecule has 1 aliphatic carbocycles. The van der Waals surface area contributed by atoms with Crippen molar-refractivity contribution in [1.29, 1.82) is 0 Å². The molecule has 1 aromatic carbocycles. The van der Waals surface area contributed by atoms with Crippen LogP contribution in [-0.2, 0) is 0 Å². The van der Waals surface area contributed by atoms with Gasteiger partial charge in [0, 0.05) is 11.6 Å². The molecule has 1 aromatic heterocycles. The van der Waals surface area contributed by atoms with E-state index in [0.29, 0.717) is 16.2 Å². The summed E-state index contributed by atoms with van der Waals surface area (Å²) in [5.74, 6) is 0.687. The molecule has 0 unspecified atom stereocenters. The number of hydrogen-bond donors (Lipinski definition) is 1. The fourth-order valence-electron chi connectivity index (χ4n) is 2.64. The molecule has 100 valence electrons. The number of fused-ring (bicyclic) bond motifs is 1. The summed E-state index contributed by atoms with van der Waals surface area (Å²) in [5.41, 5.74) is -0.122. The average molecular weight is 278 g/mol. The molecule has 19 heavy (non-hydrogen) atoms. The molecule has 1 N–H and O–H groups in total. The second-order valence-corrected chi connectivity index (χ2v) is 5.46. The zero-order valence-corrected chi connectivity index (χ0v) is 11.4. The molecule has 4 heteroatoms. The standard InChI is InChI=1S/C15H16ClNO2/c16-13-9-12-10(6-7-17-15(12)18)8-14(13)19-11-4-2-1-3-5-11/h6-9,11H,1-5H2,(H,17,18). The zero-order valence-electron chi connectivity index (χ0n) is 10.6. The van der Waals surface area contributed by atoms with Crippen molar-refractivity contribution >= 4 is 22.4 Å². The summed E-state index contributed by atoms with van der Waals surface area (Å²) in [6.45, 7) is 0. The Morgan fingerprint density at radius 2 is 2.00 bits per heavy atom. The van der Waals surface area contributed by atoms with E-state index in [1.807, 2.05) is 12.1 Å². The minimum atomic E-state index is -0.122. The van der Waals surface area contributed by atoms with Crippen molar-refractivity contribution in [3.8, 4) is 5.75 Å². The molecular formula is C15H16ClNO2. The van der Waals surface area contributed by atoms with Crippen LogP contribution in [0.4, 0.5) is 0 Å². The molecule has 2 aromatic rings.